The SMILES string of the molecule is C=C(CC(=O)C(=O)[O-])C(=O)[O-]. The predicted molar refractivity (Wildman–Crippen MR) is 28.8 cm³/mol. The van der Waals surface area contributed by atoms with E-state index in [0.717, 1.165) is 0 Å². The second-order valence-corrected chi connectivity index (χ2v) is 1.78. The van der Waals surface area contributed by atoms with E-state index in [1.807, 2.05) is 0 Å². The fourth-order valence-electron chi connectivity index (χ4n) is 0.338. The third-order valence-corrected chi connectivity index (χ3v) is 0.890. The molecule has 11 heavy (non-hydrogen) atoms. The smallest absolute Gasteiger partial charge is 0.182 e. The van der Waals surface area contributed by atoms with Crippen LogP contribution in [0.15, 0.2) is 12.2 Å². The molecule has 0 aliphatic rings. The maximum atomic E-state index is 10.2. The van der Waals surface area contributed by atoms with Gasteiger partial charge in [0.1, 0.15) is 5.97 Å². The van der Waals surface area contributed by atoms with Crippen LogP contribution in [-0.4, -0.2) is 17.7 Å². The third kappa shape index (κ3) is 3.14. The lowest BCUT2D eigenvalue weighted by molar-refractivity contribution is -0.300. The number of Topliss-reactive ketones (excluding diaryl/α,β-unsaturated/α-hetero) is 1. The van der Waals surface area contributed by atoms with Gasteiger partial charge in [-0.2, -0.15) is 0 Å². The Balaban J connectivity index is 4.07. The molecule has 5 heteroatoms. The average molecular weight is 156 g/mol. The number of carbonyl (C=O) groups is 3. The molecule has 0 unspecified atom stereocenters. The monoisotopic (exact) mass is 156 g/mol. The second-order valence-electron chi connectivity index (χ2n) is 1.78. The molecule has 0 saturated heterocycles. The Morgan fingerprint density at radius 1 is 1.09 bits per heavy atom. The third-order valence-electron chi connectivity index (χ3n) is 0.890. The van der Waals surface area contributed by atoms with Crippen molar-refractivity contribution in [3.8, 4) is 0 Å². The van der Waals surface area contributed by atoms with Crippen LogP contribution in [0.5, 0.6) is 0 Å². The van der Waals surface area contributed by atoms with Gasteiger partial charge >= 0.3 is 0 Å². The summed E-state index contributed by atoms with van der Waals surface area (Å²) in [6.07, 6.45) is -0.773. The lowest BCUT2D eigenvalue weighted by atomic mass is 10.1. The number of carbonyl (C=O) groups excluding carboxylic acids is 3. The molecule has 0 radical (unpaired) electrons. The van der Waals surface area contributed by atoms with Gasteiger partial charge < -0.3 is 19.8 Å². The van der Waals surface area contributed by atoms with Crippen molar-refractivity contribution in [1.82, 2.24) is 0 Å². The topological polar surface area (TPSA) is 97.3 Å². The van der Waals surface area contributed by atoms with Crippen LogP contribution in [-0.2, 0) is 14.4 Å². The minimum Gasteiger partial charge on any atom is -0.545 e. The lowest BCUT2D eigenvalue weighted by Gasteiger charge is -2.04. The zero-order valence-electron chi connectivity index (χ0n) is 5.46. The fourth-order valence-corrected chi connectivity index (χ4v) is 0.338. The van der Waals surface area contributed by atoms with E-state index in [4.69, 9.17) is 0 Å². The van der Waals surface area contributed by atoms with E-state index in [1.165, 1.54) is 0 Å². The fraction of sp³-hybridized carbons (Fsp3) is 0.167. The van der Waals surface area contributed by atoms with Crippen LogP contribution in [0.3, 0.4) is 0 Å². The van der Waals surface area contributed by atoms with Crippen molar-refractivity contribution in [2.75, 3.05) is 0 Å². The first kappa shape index (κ1) is 9.35. The molecule has 0 spiro atoms. The molecule has 5 nitrogen and oxygen atoms in total. The zero-order valence-corrected chi connectivity index (χ0v) is 5.46. The molecule has 0 atom stereocenters. The molecule has 0 amide bonds. The van der Waals surface area contributed by atoms with E-state index in [-0.39, 0.29) is 0 Å². The molecule has 60 valence electrons. The van der Waals surface area contributed by atoms with E-state index in [0.29, 0.717) is 0 Å². The number of ketones is 1. The van der Waals surface area contributed by atoms with Gasteiger partial charge in [0.2, 0.25) is 0 Å². The van der Waals surface area contributed by atoms with Crippen molar-refractivity contribution in [2.45, 2.75) is 6.42 Å². The van der Waals surface area contributed by atoms with E-state index >= 15 is 0 Å². The summed E-state index contributed by atoms with van der Waals surface area (Å²) in [5.74, 6) is -4.88. The van der Waals surface area contributed by atoms with Crippen molar-refractivity contribution >= 4 is 17.7 Å². The van der Waals surface area contributed by atoms with Crippen LogP contribution in [0.1, 0.15) is 6.42 Å². The Kier molecular flexibility index (Phi) is 2.98. The van der Waals surface area contributed by atoms with Crippen LogP contribution in [0.2, 0.25) is 0 Å². The Bertz CT molecular complexity index is 203. The number of carboxylic acid groups (broad SMARTS) is 2. The van der Waals surface area contributed by atoms with Crippen LogP contribution in [0, 0.1) is 0 Å². The Labute approximate surface area is 61.9 Å². The Hall–Kier alpha value is -1.65. The largest absolute Gasteiger partial charge is 0.545 e. The highest BCUT2D eigenvalue weighted by Crippen LogP contribution is 1.95. The van der Waals surface area contributed by atoms with Gasteiger partial charge in [-0.15, -0.1) is 0 Å². The highest BCUT2D eigenvalue weighted by molar-refractivity contribution is 6.32. The maximum Gasteiger partial charge on any atom is 0.182 e. The quantitative estimate of drug-likeness (QED) is 0.319. The first-order valence-corrected chi connectivity index (χ1v) is 2.58. The summed E-state index contributed by atoms with van der Waals surface area (Å²) >= 11 is 0. The van der Waals surface area contributed by atoms with Crippen molar-refractivity contribution in [2.24, 2.45) is 0 Å². The lowest BCUT2D eigenvalue weighted by Crippen LogP contribution is -2.34. The van der Waals surface area contributed by atoms with E-state index in [9.17, 15) is 24.6 Å². The molecule has 0 rings (SSSR count). The number of carboxylic acids is 2. The van der Waals surface area contributed by atoms with Crippen molar-refractivity contribution < 1.29 is 24.6 Å². The van der Waals surface area contributed by atoms with Gasteiger partial charge in [-0.1, -0.05) is 6.58 Å². The molecule has 0 bridgehead atoms. The molecule has 0 aromatic carbocycles. The van der Waals surface area contributed by atoms with Crippen molar-refractivity contribution in [3.05, 3.63) is 12.2 Å². The molecule has 0 N–H and O–H groups in total. The van der Waals surface area contributed by atoms with Gasteiger partial charge in [-0.3, -0.25) is 4.79 Å². The molecule has 0 saturated carbocycles. The van der Waals surface area contributed by atoms with Crippen LogP contribution in [0.4, 0.5) is 0 Å². The summed E-state index contributed by atoms with van der Waals surface area (Å²) < 4.78 is 0. The van der Waals surface area contributed by atoms with Gasteiger partial charge in [0.15, 0.2) is 5.78 Å². The van der Waals surface area contributed by atoms with Crippen molar-refractivity contribution in [3.63, 3.8) is 0 Å². The predicted octanol–water partition coefficient (Wildman–Crippen LogP) is -3.00. The van der Waals surface area contributed by atoms with E-state index in [1.54, 1.807) is 0 Å². The van der Waals surface area contributed by atoms with Gasteiger partial charge in [0, 0.05) is 6.42 Å². The van der Waals surface area contributed by atoms with Crippen molar-refractivity contribution in [1.29, 1.82) is 0 Å². The maximum absolute atomic E-state index is 10.2. The summed E-state index contributed by atoms with van der Waals surface area (Å²) in [6, 6.07) is 0. The normalized spacial score (nSPS) is 8.73. The first-order valence-electron chi connectivity index (χ1n) is 2.58. The first-order chi connectivity index (χ1) is 4.95. The molecular weight excluding hydrogens is 152 g/mol. The number of rotatable bonds is 4. The summed E-state index contributed by atoms with van der Waals surface area (Å²) in [5, 5.41) is 19.6. The Morgan fingerprint density at radius 3 is 1.82 bits per heavy atom. The van der Waals surface area contributed by atoms with Gasteiger partial charge in [-0.25, -0.2) is 0 Å². The number of hydrogen-bond donors (Lipinski definition) is 0. The molecular formula is C6H4O5-2. The second kappa shape index (κ2) is 3.50. The summed E-state index contributed by atoms with van der Waals surface area (Å²) in [6.45, 7) is 2.90. The molecule has 0 aromatic heterocycles. The minimum absolute atomic E-state index is 0.570. The standard InChI is InChI=1S/C6H6O5/c1-3(5(8)9)2-4(7)6(10)11/h1-2H2,(H,8,9)(H,10,11)/p-2. The van der Waals surface area contributed by atoms with E-state index < -0.39 is 29.7 Å². The van der Waals surface area contributed by atoms with Gasteiger partial charge in [-0.05, 0) is 5.57 Å². The minimum atomic E-state index is -1.92. The molecule has 0 aromatic rings. The number of hydrogen-bond acceptors (Lipinski definition) is 5. The highest BCUT2D eigenvalue weighted by atomic mass is 16.4. The summed E-state index contributed by atoms with van der Waals surface area (Å²) in [4.78, 5) is 29.9. The van der Waals surface area contributed by atoms with Gasteiger partial charge in [0.05, 0.1) is 5.97 Å². The molecule has 0 heterocycles. The highest BCUT2D eigenvalue weighted by Gasteiger charge is 2.05. The van der Waals surface area contributed by atoms with E-state index in [2.05, 4.69) is 6.58 Å². The van der Waals surface area contributed by atoms with Crippen LogP contribution < -0.4 is 10.2 Å². The molecule has 0 aliphatic heterocycles. The number of aliphatic carboxylic acids is 2. The zero-order chi connectivity index (χ0) is 9.02. The summed E-state index contributed by atoms with van der Waals surface area (Å²) in [7, 11) is 0. The van der Waals surface area contributed by atoms with Crippen LogP contribution in [0.25, 0.3) is 0 Å². The Morgan fingerprint density at radius 2 is 1.55 bits per heavy atom. The van der Waals surface area contributed by atoms with Gasteiger partial charge in [0.25, 0.3) is 0 Å². The average Bonchev–Trinajstić information content (AvgIpc) is 1.87. The molecule has 0 fully saturated rings. The summed E-state index contributed by atoms with van der Waals surface area (Å²) in [5.41, 5.74) is -0.570. The van der Waals surface area contributed by atoms with Crippen LogP contribution >= 0.6 is 0 Å². The molecule has 0 aliphatic carbocycles.